The summed E-state index contributed by atoms with van der Waals surface area (Å²) < 4.78 is 14.8. The molecule has 0 amide bonds. The van der Waals surface area contributed by atoms with Crippen LogP contribution in [0.25, 0.3) is 27.8 Å². The van der Waals surface area contributed by atoms with Crippen LogP contribution in [0.2, 0.25) is 0 Å². The Hall–Kier alpha value is -3.35. The van der Waals surface area contributed by atoms with Gasteiger partial charge in [-0.3, -0.25) is 0 Å². The van der Waals surface area contributed by atoms with E-state index in [-0.39, 0.29) is 5.82 Å². The summed E-state index contributed by atoms with van der Waals surface area (Å²) in [7, 11) is 0. The van der Waals surface area contributed by atoms with Crippen molar-refractivity contribution >= 4 is 16.9 Å². The van der Waals surface area contributed by atoms with Crippen molar-refractivity contribution in [1.82, 2.24) is 24.7 Å². The molecule has 0 unspecified atom stereocenters. The zero-order valence-corrected chi connectivity index (χ0v) is 11.9. The summed E-state index contributed by atoms with van der Waals surface area (Å²) in [5.74, 6) is 0.0927. The summed E-state index contributed by atoms with van der Waals surface area (Å²) in [6, 6.07) is 7.91. The molecular weight excluding hydrogens is 295 g/mol. The number of hydrogen-bond acceptors (Lipinski definition) is 5. The number of hydrogen-bond donors (Lipinski definition) is 1. The van der Waals surface area contributed by atoms with Gasteiger partial charge in [0.05, 0.1) is 11.9 Å². The van der Waals surface area contributed by atoms with Crippen LogP contribution in [0.5, 0.6) is 0 Å². The number of fused-ring (bicyclic) bond motifs is 1. The molecule has 0 spiro atoms. The van der Waals surface area contributed by atoms with E-state index in [0.717, 1.165) is 22.2 Å². The van der Waals surface area contributed by atoms with Crippen LogP contribution in [0.15, 0.2) is 55.2 Å². The van der Waals surface area contributed by atoms with E-state index in [1.54, 1.807) is 35.4 Å². The first-order valence-corrected chi connectivity index (χ1v) is 6.88. The van der Waals surface area contributed by atoms with Gasteiger partial charge >= 0.3 is 0 Å². The molecule has 6 nitrogen and oxygen atoms in total. The van der Waals surface area contributed by atoms with E-state index in [1.807, 2.05) is 6.07 Å². The van der Waals surface area contributed by atoms with Gasteiger partial charge < -0.3 is 5.73 Å². The van der Waals surface area contributed by atoms with Crippen LogP contribution in [0, 0.1) is 5.82 Å². The maximum Gasteiger partial charge on any atom is 0.163 e. The fraction of sp³-hybridized carbons (Fsp3) is 0. The Morgan fingerprint density at radius 1 is 0.957 bits per heavy atom. The molecule has 4 rings (SSSR count). The Labute approximate surface area is 130 Å². The highest BCUT2D eigenvalue weighted by molar-refractivity contribution is 5.95. The minimum atomic E-state index is -0.298. The number of benzene rings is 1. The van der Waals surface area contributed by atoms with Crippen LogP contribution in [-0.4, -0.2) is 24.7 Å². The van der Waals surface area contributed by atoms with Crippen molar-refractivity contribution in [2.75, 3.05) is 5.73 Å². The van der Waals surface area contributed by atoms with E-state index in [1.165, 1.54) is 18.5 Å². The largest absolute Gasteiger partial charge is 0.383 e. The minimum Gasteiger partial charge on any atom is -0.383 e. The van der Waals surface area contributed by atoms with Gasteiger partial charge in [0.2, 0.25) is 0 Å². The van der Waals surface area contributed by atoms with Crippen molar-refractivity contribution in [1.29, 1.82) is 0 Å². The smallest absolute Gasteiger partial charge is 0.163 e. The molecule has 0 bridgehead atoms. The Morgan fingerprint density at radius 3 is 2.57 bits per heavy atom. The molecule has 23 heavy (non-hydrogen) atoms. The van der Waals surface area contributed by atoms with E-state index in [2.05, 4.69) is 20.1 Å². The molecule has 3 aromatic heterocycles. The van der Waals surface area contributed by atoms with Crippen molar-refractivity contribution in [2.45, 2.75) is 0 Å². The summed E-state index contributed by atoms with van der Waals surface area (Å²) in [4.78, 5) is 12.4. The maximum atomic E-state index is 13.1. The third-order valence-corrected chi connectivity index (χ3v) is 3.58. The topological polar surface area (TPSA) is 82.5 Å². The summed E-state index contributed by atoms with van der Waals surface area (Å²) in [6.07, 6.45) is 6.44. The molecule has 0 fully saturated rings. The van der Waals surface area contributed by atoms with Gasteiger partial charge in [-0.15, -0.1) is 0 Å². The lowest BCUT2D eigenvalue weighted by molar-refractivity contribution is 0.627. The quantitative estimate of drug-likeness (QED) is 0.615. The summed E-state index contributed by atoms with van der Waals surface area (Å²) in [5.41, 5.74) is 8.88. The van der Waals surface area contributed by atoms with Crippen molar-refractivity contribution < 1.29 is 4.39 Å². The molecule has 112 valence electrons. The lowest BCUT2D eigenvalue weighted by atomic mass is 10.1. The number of anilines is 1. The predicted molar refractivity (Wildman–Crippen MR) is 84.3 cm³/mol. The Bertz CT molecular complexity index is 993. The molecule has 0 aliphatic rings. The zero-order chi connectivity index (χ0) is 15.8. The van der Waals surface area contributed by atoms with Crippen LogP contribution >= 0.6 is 0 Å². The Morgan fingerprint density at radius 2 is 1.78 bits per heavy atom. The third kappa shape index (κ3) is 2.18. The molecule has 3 heterocycles. The van der Waals surface area contributed by atoms with Crippen LogP contribution in [0.1, 0.15) is 0 Å². The molecule has 2 N–H and O–H groups in total. The highest BCUT2D eigenvalue weighted by Crippen LogP contribution is 2.30. The summed E-state index contributed by atoms with van der Waals surface area (Å²) in [6.45, 7) is 0. The number of rotatable bonds is 2. The normalized spacial score (nSPS) is 11.0. The van der Waals surface area contributed by atoms with E-state index in [9.17, 15) is 4.39 Å². The molecule has 0 atom stereocenters. The number of nitrogens with zero attached hydrogens (tertiary/aromatic N) is 5. The third-order valence-electron chi connectivity index (χ3n) is 3.58. The number of aromatic nitrogens is 5. The van der Waals surface area contributed by atoms with Crippen LogP contribution in [-0.2, 0) is 0 Å². The molecule has 0 saturated carbocycles. The Kier molecular flexibility index (Phi) is 2.97. The minimum absolute atomic E-state index is 0.298. The average Bonchev–Trinajstić information content (AvgIpc) is 3.00. The lowest BCUT2D eigenvalue weighted by Gasteiger charge is -2.06. The van der Waals surface area contributed by atoms with Crippen LogP contribution in [0.4, 0.5) is 10.2 Å². The first kappa shape index (κ1) is 13.3. The summed E-state index contributed by atoms with van der Waals surface area (Å²) >= 11 is 0. The van der Waals surface area contributed by atoms with Gasteiger partial charge in [-0.1, -0.05) is 0 Å². The number of halogens is 1. The second-order valence-corrected chi connectivity index (χ2v) is 4.95. The fourth-order valence-electron chi connectivity index (χ4n) is 2.48. The molecular formula is C16H11FN6. The molecule has 0 radical (unpaired) electrons. The first-order valence-electron chi connectivity index (χ1n) is 6.88. The SMILES string of the molecule is Nc1ncncc1-c1ccnc2c1cnn2-c1ccc(F)cc1. The number of pyridine rings is 1. The second kappa shape index (κ2) is 5.13. The molecule has 4 aromatic rings. The zero-order valence-electron chi connectivity index (χ0n) is 11.9. The monoisotopic (exact) mass is 306 g/mol. The van der Waals surface area contributed by atoms with Crippen LogP contribution < -0.4 is 5.73 Å². The average molecular weight is 306 g/mol. The maximum absolute atomic E-state index is 13.1. The predicted octanol–water partition coefficient (Wildman–Crippen LogP) is 2.60. The molecule has 0 aliphatic carbocycles. The fourth-order valence-corrected chi connectivity index (χ4v) is 2.48. The van der Waals surface area contributed by atoms with Gasteiger partial charge in [0.25, 0.3) is 0 Å². The van der Waals surface area contributed by atoms with E-state index >= 15 is 0 Å². The summed E-state index contributed by atoms with van der Waals surface area (Å²) in [5, 5.41) is 5.18. The molecule has 0 saturated heterocycles. The van der Waals surface area contributed by atoms with Crippen LogP contribution in [0.3, 0.4) is 0 Å². The lowest BCUT2D eigenvalue weighted by Crippen LogP contribution is -1.98. The number of nitrogen functional groups attached to an aromatic ring is 1. The highest BCUT2D eigenvalue weighted by Gasteiger charge is 2.13. The molecule has 1 aromatic carbocycles. The van der Waals surface area contributed by atoms with Gasteiger partial charge in [-0.2, -0.15) is 5.10 Å². The van der Waals surface area contributed by atoms with Gasteiger partial charge in [-0.05, 0) is 30.3 Å². The standard InChI is InChI=1S/C16H11FN6/c17-10-1-3-11(4-2-10)23-16-14(8-22-23)12(5-6-20-16)13-7-19-9-21-15(13)18/h1-9H,(H2,18,19,21). The number of nitrogens with two attached hydrogens (primary N) is 1. The van der Waals surface area contributed by atoms with E-state index < -0.39 is 0 Å². The van der Waals surface area contributed by atoms with Crippen molar-refractivity contribution in [3.8, 4) is 16.8 Å². The van der Waals surface area contributed by atoms with Crippen molar-refractivity contribution in [2.24, 2.45) is 0 Å². The highest BCUT2D eigenvalue weighted by atomic mass is 19.1. The van der Waals surface area contributed by atoms with E-state index in [4.69, 9.17) is 5.73 Å². The van der Waals surface area contributed by atoms with Crippen molar-refractivity contribution in [3.05, 3.63) is 61.1 Å². The second-order valence-electron chi connectivity index (χ2n) is 4.95. The molecule has 0 aliphatic heterocycles. The van der Waals surface area contributed by atoms with E-state index in [0.29, 0.717) is 11.5 Å². The van der Waals surface area contributed by atoms with Gasteiger partial charge in [-0.25, -0.2) is 24.0 Å². The first-order chi connectivity index (χ1) is 11.2. The Balaban J connectivity index is 1.94. The van der Waals surface area contributed by atoms with Crippen molar-refractivity contribution in [3.63, 3.8) is 0 Å². The molecule has 7 heteroatoms. The van der Waals surface area contributed by atoms with Gasteiger partial charge in [0.15, 0.2) is 5.65 Å². The van der Waals surface area contributed by atoms with Gasteiger partial charge in [0.1, 0.15) is 18.0 Å². The van der Waals surface area contributed by atoms with Gasteiger partial charge in [0, 0.05) is 28.9 Å².